The first kappa shape index (κ1) is 17.5. The Morgan fingerprint density at radius 2 is 1.95 bits per heavy atom. The van der Waals surface area contributed by atoms with E-state index in [1.165, 1.54) is 6.07 Å². The summed E-state index contributed by atoms with van der Waals surface area (Å²) in [7, 11) is 1.74. The van der Waals surface area contributed by atoms with E-state index in [0.29, 0.717) is 16.1 Å². The number of anilines is 1. The van der Waals surface area contributed by atoms with Gasteiger partial charge in [0.25, 0.3) is 0 Å². The van der Waals surface area contributed by atoms with Gasteiger partial charge in [-0.2, -0.15) is 0 Å². The van der Waals surface area contributed by atoms with E-state index in [1.54, 1.807) is 24.1 Å². The molecule has 0 bridgehead atoms. The second-order valence-electron chi connectivity index (χ2n) is 5.52. The summed E-state index contributed by atoms with van der Waals surface area (Å²) < 4.78 is 0.481. The maximum atomic E-state index is 12.2. The number of carbonyl (C=O) groups excluding carboxylic acids is 1. The molecule has 1 rings (SSSR count). The highest BCUT2D eigenvalue weighted by atomic mass is 79.9. The Labute approximate surface area is 133 Å². The van der Waals surface area contributed by atoms with Crippen LogP contribution in [0.4, 0.5) is 10.5 Å². The molecule has 0 heterocycles. The molecule has 0 aliphatic heterocycles. The first-order valence-corrected chi connectivity index (χ1v) is 7.58. The lowest BCUT2D eigenvalue weighted by atomic mass is 10.0. The zero-order chi connectivity index (χ0) is 16.2. The van der Waals surface area contributed by atoms with Crippen molar-refractivity contribution in [2.45, 2.75) is 33.2 Å². The average Bonchev–Trinajstić information content (AvgIpc) is 2.38. The maximum Gasteiger partial charge on any atom is 0.336 e. The molecule has 2 amide bonds. The molecule has 6 heteroatoms. The minimum Gasteiger partial charge on any atom is -0.478 e. The Bertz CT molecular complexity index is 532. The number of urea groups is 1. The number of hydrogen-bond acceptors (Lipinski definition) is 2. The van der Waals surface area contributed by atoms with E-state index in [-0.39, 0.29) is 17.6 Å². The summed E-state index contributed by atoms with van der Waals surface area (Å²) in [5, 5.41) is 11.8. The van der Waals surface area contributed by atoms with Crippen molar-refractivity contribution in [1.82, 2.24) is 4.90 Å². The third-order valence-electron chi connectivity index (χ3n) is 3.24. The summed E-state index contributed by atoms with van der Waals surface area (Å²) in [6, 6.07) is 4.57. The molecule has 0 aliphatic rings. The fourth-order valence-corrected chi connectivity index (χ4v) is 2.44. The van der Waals surface area contributed by atoms with Gasteiger partial charge >= 0.3 is 12.0 Å². The third kappa shape index (κ3) is 5.04. The second kappa shape index (κ2) is 7.45. The molecule has 1 unspecified atom stereocenters. The number of nitrogens with zero attached hydrogens (tertiary/aromatic N) is 1. The molecular formula is C15H21BrN2O3. The zero-order valence-electron chi connectivity index (χ0n) is 12.7. The number of aromatic carboxylic acids is 1. The van der Waals surface area contributed by atoms with Crippen molar-refractivity contribution in [2.24, 2.45) is 5.92 Å². The summed E-state index contributed by atoms with van der Waals surface area (Å²) in [5.41, 5.74) is 0.579. The standard InChI is InChI=1S/C15H21BrN2O3/c1-9(2)7-10(3)18(4)15(21)17-11-5-6-13(16)12(8-11)14(19)20/h5-6,8-10H,7H2,1-4H3,(H,17,21)(H,19,20). The Morgan fingerprint density at radius 1 is 1.33 bits per heavy atom. The van der Waals surface area contributed by atoms with Crippen molar-refractivity contribution in [3.05, 3.63) is 28.2 Å². The van der Waals surface area contributed by atoms with Crippen molar-refractivity contribution in [3.63, 3.8) is 0 Å². The van der Waals surface area contributed by atoms with Crippen molar-refractivity contribution in [2.75, 3.05) is 12.4 Å². The van der Waals surface area contributed by atoms with Gasteiger partial charge in [-0.1, -0.05) is 13.8 Å². The van der Waals surface area contributed by atoms with Crippen LogP contribution >= 0.6 is 15.9 Å². The molecule has 1 aromatic rings. The topological polar surface area (TPSA) is 69.6 Å². The van der Waals surface area contributed by atoms with E-state index < -0.39 is 5.97 Å². The van der Waals surface area contributed by atoms with Crippen LogP contribution in [-0.4, -0.2) is 35.1 Å². The molecule has 0 saturated heterocycles. The molecule has 0 aromatic heterocycles. The van der Waals surface area contributed by atoms with Gasteiger partial charge in [0.1, 0.15) is 0 Å². The molecule has 0 radical (unpaired) electrons. The number of halogens is 1. The third-order valence-corrected chi connectivity index (χ3v) is 3.93. The smallest absolute Gasteiger partial charge is 0.336 e. The molecule has 116 valence electrons. The molecule has 2 N–H and O–H groups in total. The zero-order valence-corrected chi connectivity index (χ0v) is 14.3. The molecule has 0 spiro atoms. The van der Waals surface area contributed by atoms with Crippen molar-refractivity contribution in [3.8, 4) is 0 Å². The molecule has 1 atom stereocenters. The summed E-state index contributed by atoms with van der Waals surface area (Å²) in [4.78, 5) is 24.9. The Morgan fingerprint density at radius 3 is 2.48 bits per heavy atom. The van der Waals surface area contributed by atoms with Crippen LogP contribution in [0.5, 0.6) is 0 Å². The van der Waals surface area contributed by atoms with Gasteiger partial charge in [-0.25, -0.2) is 9.59 Å². The van der Waals surface area contributed by atoms with E-state index in [0.717, 1.165) is 6.42 Å². The highest BCUT2D eigenvalue weighted by molar-refractivity contribution is 9.10. The lowest BCUT2D eigenvalue weighted by Gasteiger charge is -2.26. The fourth-order valence-electron chi connectivity index (χ4n) is 2.02. The molecule has 0 fully saturated rings. The van der Waals surface area contributed by atoms with Crippen molar-refractivity contribution < 1.29 is 14.7 Å². The number of benzene rings is 1. The van der Waals surface area contributed by atoms with E-state index >= 15 is 0 Å². The van der Waals surface area contributed by atoms with Gasteiger partial charge in [0.2, 0.25) is 0 Å². The maximum absolute atomic E-state index is 12.2. The molecular weight excluding hydrogens is 336 g/mol. The number of carbonyl (C=O) groups is 2. The highest BCUT2D eigenvalue weighted by Crippen LogP contribution is 2.21. The van der Waals surface area contributed by atoms with Crippen LogP contribution in [0.1, 0.15) is 37.6 Å². The van der Waals surface area contributed by atoms with E-state index in [4.69, 9.17) is 5.11 Å². The number of rotatable bonds is 5. The quantitative estimate of drug-likeness (QED) is 0.835. The van der Waals surface area contributed by atoms with E-state index in [9.17, 15) is 9.59 Å². The minimum atomic E-state index is -1.04. The number of hydrogen-bond donors (Lipinski definition) is 2. The predicted octanol–water partition coefficient (Wildman–Crippen LogP) is 4.05. The van der Waals surface area contributed by atoms with Crippen LogP contribution in [0.25, 0.3) is 0 Å². The van der Waals surface area contributed by atoms with Gasteiger partial charge in [0, 0.05) is 23.2 Å². The first-order chi connectivity index (χ1) is 9.72. The summed E-state index contributed by atoms with van der Waals surface area (Å²) in [5.74, 6) is -0.541. The highest BCUT2D eigenvalue weighted by Gasteiger charge is 2.17. The number of amides is 2. The van der Waals surface area contributed by atoms with E-state index in [1.807, 2.05) is 6.92 Å². The second-order valence-corrected chi connectivity index (χ2v) is 6.37. The summed E-state index contributed by atoms with van der Waals surface area (Å²) in [6.07, 6.45) is 0.907. The number of carboxylic acid groups (broad SMARTS) is 1. The number of carboxylic acids is 1. The van der Waals surface area contributed by atoms with Gasteiger partial charge in [0.05, 0.1) is 5.56 Å². The van der Waals surface area contributed by atoms with Crippen LogP contribution in [-0.2, 0) is 0 Å². The monoisotopic (exact) mass is 356 g/mol. The normalized spacial score (nSPS) is 12.1. The molecule has 21 heavy (non-hydrogen) atoms. The van der Waals surface area contributed by atoms with Gasteiger partial charge in [-0.05, 0) is 53.4 Å². The van der Waals surface area contributed by atoms with Crippen LogP contribution in [0.3, 0.4) is 0 Å². The SMILES string of the molecule is CC(C)CC(C)N(C)C(=O)Nc1ccc(Br)c(C(=O)O)c1. The molecule has 1 aromatic carbocycles. The van der Waals surface area contributed by atoms with Crippen LogP contribution < -0.4 is 5.32 Å². The largest absolute Gasteiger partial charge is 0.478 e. The lowest BCUT2D eigenvalue weighted by molar-refractivity contribution is 0.0696. The summed E-state index contributed by atoms with van der Waals surface area (Å²) in [6.45, 7) is 6.20. The molecule has 0 saturated carbocycles. The number of nitrogens with one attached hydrogen (secondary N) is 1. The molecule has 5 nitrogen and oxygen atoms in total. The Hall–Kier alpha value is -1.56. The average molecular weight is 357 g/mol. The van der Waals surface area contributed by atoms with Gasteiger partial charge in [-0.3, -0.25) is 0 Å². The molecule has 0 aliphatic carbocycles. The first-order valence-electron chi connectivity index (χ1n) is 6.79. The predicted molar refractivity (Wildman–Crippen MR) is 86.8 cm³/mol. The Balaban J connectivity index is 2.79. The van der Waals surface area contributed by atoms with Crippen LogP contribution in [0.15, 0.2) is 22.7 Å². The lowest BCUT2D eigenvalue weighted by Crippen LogP contribution is -2.38. The van der Waals surface area contributed by atoms with Crippen molar-refractivity contribution in [1.29, 1.82) is 0 Å². The van der Waals surface area contributed by atoms with E-state index in [2.05, 4.69) is 35.1 Å². The van der Waals surface area contributed by atoms with Crippen molar-refractivity contribution >= 4 is 33.6 Å². The summed E-state index contributed by atoms with van der Waals surface area (Å²) >= 11 is 3.17. The van der Waals surface area contributed by atoms with Gasteiger partial charge < -0.3 is 15.3 Å². The fraction of sp³-hybridized carbons (Fsp3) is 0.467. The van der Waals surface area contributed by atoms with Gasteiger partial charge in [0.15, 0.2) is 0 Å². The van der Waals surface area contributed by atoms with Crippen LogP contribution in [0.2, 0.25) is 0 Å². The van der Waals surface area contributed by atoms with Gasteiger partial charge in [-0.15, -0.1) is 0 Å². The Kier molecular flexibility index (Phi) is 6.20. The van der Waals surface area contributed by atoms with Crippen LogP contribution in [0, 0.1) is 5.92 Å². The minimum absolute atomic E-state index is 0.111.